The number of nitro groups is 1. The van der Waals surface area contributed by atoms with E-state index in [-0.39, 0.29) is 22.3 Å². The molecule has 0 spiro atoms. The maximum atomic E-state index is 13.3. The molecule has 0 heterocycles. The van der Waals surface area contributed by atoms with E-state index in [1.165, 1.54) is 36.4 Å². The third kappa shape index (κ3) is 6.39. The van der Waals surface area contributed by atoms with Gasteiger partial charge in [-0.25, -0.2) is 8.42 Å². The molecule has 9 heteroatoms. The Morgan fingerprint density at radius 3 is 2.12 bits per heavy atom. The van der Waals surface area contributed by atoms with Crippen LogP contribution < -0.4 is 9.62 Å². The number of anilines is 1. The van der Waals surface area contributed by atoms with Crippen molar-refractivity contribution in [3.63, 3.8) is 0 Å². The van der Waals surface area contributed by atoms with Gasteiger partial charge in [-0.05, 0) is 49.6 Å². The molecule has 0 unspecified atom stereocenters. The zero-order valence-electron chi connectivity index (χ0n) is 18.1. The molecule has 0 saturated carbocycles. The van der Waals surface area contributed by atoms with Gasteiger partial charge in [0.25, 0.3) is 15.7 Å². The monoisotopic (exact) mass is 467 g/mol. The van der Waals surface area contributed by atoms with Crippen LogP contribution in [0, 0.1) is 10.1 Å². The number of sulfonamides is 1. The average Bonchev–Trinajstić information content (AvgIpc) is 2.82. The van der Waals surface area contributed by atoms with E-state index in [9.17, 15) is 23.3 Å². The van der Waals surface area contributed by atoms with Crippen LogP contribution in [0.25, 0.3) is 0 Å². The van der Waals surface area contributed by atoms with Crippen molar-refractivity contribution in [2.45, 2.75) is 30.7 Å². The van der Waals surface area contributed by atoms with E-state index in [1.807, 2.05) is 37.3 Å². The summed E-state index contributed by atoms with van der Waals surface area (Å²) in [6, 6.07) is 22.5. The predicted octanol–water partition coefficient (Wildman–Crippen LogP) is 3.93. The van der Waals surface area contributed by atoms with E-state index in [0.717, 1.165) is 16.3 Å². The standard InChI is InChI=1S/C24H25N3O5S/c1-19(12-13-20-8-4-2-5-9-20)25-24(28)18-26(21-14-16-22(17-15-21)27(29)30)33(31,32)23-10-6-3-7-11-23/h2-11,14-17,19H,12-13,18H2,1H3,(H,25,28)/t19-/m1/s1. The molecule has 0 radical (unpaired) electrons. The van der Waals surface area contributed by atoms with Crippen molar-refractivity contribution in [1.29, 1.82) is 0 Å². The minimum atomic E-state index is -4.07. The Morgan fingerprint density at radius 2 is 1.55 bits per heavy atom. The number of hydrogen-bond acceptors (Lipinski definition) is 5. The Morgan fingerprint density at radius 1 is 0.970 bits per heavy atom. The van der Waals surface area contributed by atoms with Crippen molar-refractivity contribution in [2.24, 2.45) is 0 Å². The second-order valence-electron chi connectivity index (χ2n) is 7.59. The molecule has 0 aliphatic rings. The van der Waals surface area contributed by atoms with Crippen molar-refractivity contribution in [2.75, 3.05) is 10.8 Å². The lowest BCUT2D eigenvalue weighted by atomic mass is 10.1. The SMILES string of the molecule is C[C@H](CCc1ccccc1)NC(=O)CN(c1ccc([N+](=O)[O-])cc1)S(=O)(=O)c1ccccc1. The van der Waals surface area contributed by atoms with Gasteiger partial charge in [0, 0.05) is 18.2 Å². The molecule has 3 aromatic carbocycles. The van der Waals surface area contributed by atoms with Gasteiger partial charge in [-0.2, -0.15) is 0 Å². The largest absolute Gasteiger partial charge is 0.352 e. The third-order valence-corrected chi connectivity index (χ3v) is 6.87. The molecule has 1 atom stereocenters. The van der Waals surface area contributed by atoms with Crippen LogP contribution in [0.5, 0.6) is 0 Å². The summed E-state index contributed by atoms with van der Waals surface area (Å²) in [6.07, 6.45) is 1.47. The first kappa shape index (κ1) is 23.9. The summed E-state index contributed by atoms with van der Waals surface area (Å²) in [5, 5.41) is 13.8. The van der Waals surface area contributed by atoms with Crippen molar-refractivity contribution in [3.05, 3.63) is 101 Å². The summed E-state index contributed by atoms with van der Waals surface area (Å²) in [7, 11) is -4.07. The number of carbonyl (C=O) groups excluding carboxylic acids is 1. The lowest BCUT2D eigenvalue weighted by Gasteiger charge is -2.25. The van der Waals surface area contributed by atoms with Gasteiger partial charge in [0.15, 0.2) is 0 Å². The fraction of sp³-hybridized carbons (Fsp3) is 0.208. The molecule has 8 nitrogen and oxygen atoms in total. The highest BCUT2D eigenvalue weighted by atomic mass is 32.2. The van der Waals surface area contributed by atoms with E-state index >= 15 is 0 Å². The number of nitrogens with one attached hydrogen (secondary N) is 1. The summed E-state index contributed by atoms with van der Waals surface area (Å²) in [5.74, 6) is -0.464. The Balaban J connectivity index is 1.77. The second kappa shape index (κ2) is 10.7. The van der Waals surface area contributed by atoms with Crippen LogP contribution in [-0.2, 0) is 21.2 Å². The zero-order chi connectivity index (χ0) is 23.8. The van der Waals surface area contributed by atoms with Crippen LogP contribution in [0.1, 0.15) is 18.9 Å². The summed E-state index contributed by atoms with van der Waals surface area (Å²) >= 11 is 0. The first-order valence-corrected chi connectivity index (χ1v) is 11.9. The predicted molar refractivity (Wildman–Crippen MR) is 126 cm³/mol. The number of hydrogen-bond donors (Lipinski definition) is 1. The van der Waals surface area contributed by atoms with Gasteiger partial charge in [-0.1, -0.05) is 48.5 Å². The number of amides is 1. The summed E-state index contributed by atoms with van der Waals surface area (Å²) in [4.78, 5) is 23.2. The van der Waals surface area contributed by atoms with Crippen LogP contribution in [0.15, 0.2) is 89.8 Å². The number of nitrogens with zero attached hydrogens (tertiary/aromatic N) is 2. The summed E-state index contributed by atoms with van der Waals surface area (Å²) in [5.41, 5.74) is 1.14. The molecule has 0 fully saturated rings. The molecule has 0 aliphatic heterocycles. The maximum absolute atomic E-state index is 13.3. The molecule has 1 amide bonds. The summed E-state index contributed by atoms with van der Waals surface area (Å²) < 4.78 is 27.6. The minimum Gasteiger partial charge on any atom is -0.352 e. The van der Waals surface area contributed by atoms with Gasteiger partial charge in [-0.3, -0.25) is 19.2 Å². The summed E-state index contributed by atoms with van der Waals surface area (Å²) in [6.45, 7) is 1.41. The molecule has 0 aliphatic carbocycles. The van der Waals surface area contributed by atoms with Crippen molar-refractivity contribution in [3.8, 4) is 0 Å². The molecule has 33 heavy (non-hydrogen) atoms. The van der Waals surface area contributed by atoms with Crippen LogP contribution >= 0.6 is 0 Å². The van der Waals surface area contributed by atoms with Crippen LogP contribution in [0.3, 0.4) is 0 Å². The first-order chi connectivity index (χ1) is 15.8. The van der Waals surface area contributed by atoms with Gasteiger partial charge < -0.3 is 5.32 Å². The Labute approximate surface area is 193 Å². The van der Waals surface area contributed by atoms with Crippen molar-refractivity contribution in [1.82, 2.24) is 5.32 Å². The molecular formula is C24H25N3O5S. The second-order valence-corrected chi connectivity index (χ2v) is 9.45. The van der Waals surface area contributed by atoms with E-state index in [0.29, 0.717) is 6.42 Å². The first-order valence-electron chi connectivity index (χ1n) is 10.4. The fourth-order valence-electron chi connectivity index (χ4n) is 3.33. The molecule has 1 N–H and O–H groups in total. The Kier molecular flexibility index (Phi) is 7.78. The van der Waals surface area contributed by atoms with Crippen LogP contribution in [0.4, 0.5) is 11.4 Å². The van der Waals surface area contributed by atoms with E-state index in [1.54, 1.807) is 18.2 Å². The highest BCUT2D eigenvalue weighted by Gasteiger charge is 2.28. The molecule has 0 saturated heterocycles. The van der Waals surface area contributed by atoms with Gasteiger partial charge in [0.1, 0.15) is 6.54 Å². The number of benzene rings is 3. The van der Waals surface area contributed by atoms with Gasteiger partial charge in [-0.15, -0.1) is 0 Å². The Bertz CT molecular complexity index is 1180. The fourth-order valence-corrected chi connectivity index (χ4v) is 4.77. The highest BCUT2D eigenvalue weighted by molar-refractivity contribution is 7.92. The normalized spacial score (nSPS) is 12.0. The molecule has 172 valence electrons. The third-order valence-electron chi connectivity index (χ3n) is 5.08. The molecule has 3 rings (SSSR count). The number of aryl methyl sites for hydroxylation is 1. The minimum absolute atomic E-state index is 0.0216. The topological polar surface area (TPSA) is 110 Å². The highest BCUT2D eigenvalue weighted by Crippen LogP contribution is 2.25. The lowest BCUT2D eigenvalue weighted by molar-refractivity contribution is -0.384. The van der Waals surface area contributed by atoms with Crippen molar-refractivity contribution < 1.29 is 18.1 Å². The number of rotatable bonds is 10. The Hall–Kier alpha value is -3.72. The number of carbonyl (C=O) groups is 1. The quantitative estimate of drug-likeness (QED) is 0.359. The van der Waals surface area contributed by atoms with Gasteiger partial charge in [0.05, 0.1) is 15.5 Å². The number of non-ortho nitro benzene ring substituents is 1. The molecule has 3 aromatic rings. The number of nitro benzene ring substituents is 1. The van der Waals surface area contributed by atoms with Crippen LogP contribution in [0.2, 0.25) is 0 Å². The molecule has 0 bridgehead atoms. The van der Waals surface area contributed by atoms with E-state index in [4.69, 9.17) is 0 Å². The van der Waals surface area contributed by atoms with E-state index in [2.05, 4.69) is 5.32 Å². The lowest BCUT2D eigenvalue weighted by Crippen LogP contribution is -2.43. The van der Waals surface area contributed by atoms with Gasteiger partial charge in [0.2, 0.25) is 5.91 Å². The molecule has 0 aromatic heterocycles. The van der Waals surface area contributed by atoms with Crippen LogP contribution in [-0.4, -0.2) is 31.8 Å². The zero-order valence-corrected chi connectivity index (χ0v) is 18.9. The van der Waals surface area contributed by atoms with E-state index < -0.39 is 27.4 Å². The van der Waals surface area contributed by atoms with Gasteiger partial charge >= 0.3 is 0 Å². The molecular weight excluding hydrogens is 442 g/mol. The average molecular weight is 468 g/mol. The van der Waals surface area contributed by atoms with Crippen molar-refractivity contribution >= 4 is 27.3 Å². The maximum Gasteiger partial charge on any atom is 0.269 e. The smallest absolute Gasteiger partial charge is 0.269 e.